The molecule has 1 saturated heterocycles. The SMILES string of the molecule is CC(C)NCC1CCN(C(C)C2CC2)C1. The van der Waals surface area contributed by atoms with Crippen molar-refractivity contribution in [1.82, 2.24) is 10.2 Å². The normalized spacial score (nSPS) is 30.0. The second-order valence-corrected chi connectivity index (χ2v) is 5.79. The largest absolute Gasteiger partial charge is 0.314 e. The van der Waals surface area contributed by atoms with Crippen LogP contribution in [0, 0.1) is 11.8 Å². The van der Waals surface area contributed by atoms with E-state index in [1.54, 1.807) is 0 Å². The van der Waals surface area contributed by atoms with Gasteiger partial charge in [0.05, 0.1) is 0 Å². The molecule has 2 unspecified atom stereocenters. The van der Waals surface area contributed by atoms with Crippen molar-refractivity contribution in [1.29, 1.82) is 0 Å². The Morgan fingerprint density at radius 1 is 1.20 bits per heavy atom. The monoisotopic (exact) mass is 210 g/mol. The zero-order chi connectivity index (χ0) is 10.8. The van der Waals surface area contributed by atoms with E-state index in [1.807, 2.05) is 0 Å². The van der Waals surface area contributed by atoms with E-state index in [-0.39, 0.29) is 0 Å². The summed E-state index contributed by atoms with van der Waals surface area (Å²) in [6.45, 7) is 10.8. The maximum absolute atomic E-state index is 3.57. The molecule has 1 aliphatic carbocycles. The Morgan fingerprint density at radius 3 is 2.53 bits per heavy atom. The highest BCUT2D eigenvalue weighted by molar-refractivity contribution is 4.89. The van der Waals surface area contributed by atoms with Crippen LogP contribution in [0.1, 0.15) is 40.0 Å². The Morgan fingerprint density at radius 2 is 1.93 bits per heavy atom. The summed E-state index contributed by atoms with van der Waals surface area (Å²) in [5.74, 6) is 1.93. The smallest absolute Gasteiger partial charge is 0.00953 e. The van der Waals surface area contributed by atoms with Crippen LogP contribution < -0.4 is 5.32 Å². The van der Waals surface area contributed by atoms with E-state index in [0.29, 0.717) is 6.04 Å². The van der Waals surface area contributed by atoms with Crippen LogP contribution in [0.2, 0.25) is 0 Å². The molecule has 2 aliphatic rings. The van der Waals surface area contributed by atoms with Crippen molar-refractivity contribution in [3.8, 4) is 0 Å². The minimum Gasteiger partial charge on any atom is -0.314 e. The van der Waals surface area contributed by atoms with Gasteiger partial charge in [-0.2, -0.15) is 0 Å². The first-order valence-corrected chi connectivity index (χ1v) is 6.64. The van der Waals surface area contributed by atoms with Crippen LogP contribution in [-0.2, 0) is 0 Å². The predicted molar refractivity (Wildman–Crippen MR) is 65.0 cm³/mol. The maximum atomic E-state index is 3.57. The quantitative estimate of drug-likeness (QED) is 0.747. The Bertz CT molecular complexity index is 199. The fraction of sp³-hybridized carbons (Fsp3) is 1.00. The second-order valence-electron chi connectivity index (χ2n) is 5.79. The van der Waals surface area contributed by atoms with E-state index in [0.717, 1.165) is 17.9 Å². The highest BCUT2D eigenvalue weighted by Gasteiger charge is 2.35. The van der Waals surface area contributed by atoms with Crippen LogP contribution in [-0.4, -0.2) is 36.6 Å². The molecular formula is C13H26N2. The molecule has 0 aromatic heterocycles. The molecular weight excluding hydrogens is 184 g/mol. The first kappa shape index (κ1) is 11.4. The predicted octanol–water partition coefficient (Wildman–Crippen LogP) is 2.10. The molecule has 2 heteroatoms. The average molecular weight is 210 g/mol. The third-order valence-electron chi connectivity index (χ3n) is 4.01. The third kappa shape index (κ3) is 3.18. The summed E-state index contributed by atoms with van der Waals surface area (Å²) in [4.78, 5) is 2.71. The molecule has 1 saturated carbocycles. The van der Waals surface area contributed by atoms with Crippen molar-refractivity contribution >= 4 is 0 Å². The molecule has 1 N–H and O–H groups in total. The fourth-order valence-corrected chi connectivity index (χ4v) is 2.68. The zero-order valence-electron chi connectivity index (χ0n) is 10.5. The van der Waals surface area contributed by atoms with Gasteiger partial charge in [-0.05, 0) is 51.1 Å². The van der Waals surface area contributed by atoms with Gasteiger partial charge in [0.15, 0.2) is 0 Å². The highest BCUT2D eigenvalue weighted by Crippen LogP contribution is 2.36. The second kappa shape index (κ2) is 4.84. The fourth-order valence-electron chi connectivity index (χ4n) is 2.68. The lowest BCUT2D eigenvalue weighted by atomic mass is 10.1. The Balaban J connectivity index is 1.69. The number of rotatable bonds is 5. The summed E-state index contributed by atoms with van der Waals surface area (Å²) in [7, 11) is 0. The number of nitrogens with zero attached hydrogens (tertiary/aromatic N) is 1. The minimum atomic E-state index is 0.639. The van der Waals surface area contributed by atoms with Gasteiger partial charge in [-0.1, -0.05) is 13.8 Å². The van der Waals surface area contributed by atoms with Crippen molar-refractivity contribution in [2.24, 2.45) is 11.8 Å². The summed E-state index contributed by atoms with van der Waals surface area (Å²) in [6.07, 6.45) is 4.36. The van der Waals surface area contributed by atoms with Crippen LogP contribution in [0.15, 0.2) is 0 Å². The van der Waals surface area contributed by atoms with Crippen LogP contribution >= 0.6 is 0 Å². The Hall–Kier alpha value is -0.0800. The van der Waals surface area contributed by atoms with E-state index in [2.05, 4.69) is 31.0 Å². The molecule has 2 fully saturated rings. The summed E-state index contributed by atoms with van der Waals surface area (Å²) in [5, 5.41) is 3.57. The van der Waals surface area contributed by atoms with Crippen LogP contribution in [0.4, 0.5) is 0 Å². The van der Waals surface area contributed by atoms with E-state index in [1.165, 1.54) is 38.9 Å². The van der Waals surface area contributed by atoms with Gasteiger partial charge in [-0.3, -0.25) is 0 Å². The van der Waals surface area contributed by atoms with Gasteiger partial charge in [-0.15, -0.1) is 0 Å². The zero-order valence-corrected chi connectivity index (χ0v) is 10.5. The van der Waals surface area contributed by atoms with E-state index in [9.17, 15) is 0 Å². The van der Waals surface area contributed by atoms with Crippen molar-refractivity contribution in [3.63, 3.8) is 0 Å². The van der Waals surface area contributed by atoms with Gasteiger partial charge in [0, 0.05) is 18.6 Å². The topological polar surface area (TPSA) is 15.3 Å². The van der Waals surface area contributed by atoms with E-state index < -0.39 is 0 Å². The summed E-state index contributed by atoms with van der Waals surface area (Å²) in [5.41, 5.74) is 0. The lowest BCUT2D eigenvalue weighted by molar-refractivity contribution is 0.225. The average Bonchev–Trinajstić information content (AvgIpc) is 2.93. The van der Waals surface area contributed by atoms with Gasteiger partial charge >= 0.3 is 0 Å². The summed E-state index contributed by atoms with van der Waals surface area (Å²) < 4.78 is 0. The summed E-state index contributed by atoms with van der Waals surface area (Å²) in [6, 6.07) is 1.49. The van der Waals surface area contributed by atoms with Crippen molar-refractivity contribution in [2.45, 2.75) is 52.1 Å². The maximum Gasteiger partial charge on any atom is 0.00953 e. The third-order valence-corrected chi connectivity index (χ3v) is 4.01. The Labute approximate surface area is 94.4 Å². The number of nitrogens with one attached hydrogen (secondary N) is 1. The van der Waals surface area contributed by atoms with E-state index in [4.69, 9.17) is 0 Å². The Kier molecular flexibility index (Phi) is 3.68. The molecule has 0 aromatic carbocycles. The van der Waals surface area contributed by atoms with Crippen LogP contribution in [0.3, 0.4) is 0 Å². The summed E-state index contributed by atoms with van der Waals surface area (Å²) >= 11 is 0. The number of hydrogen-bond donors (Lipinski definition) is 1. The molecule has 2 nitrogen and oxygen atoms in total. The lowest BCUT2D eigenvalue weighted by Gasteiger charge is -2.24. The standard InChI is InChI=1S/C13H26N2/c1-10(2)14-8-12-6-7-15(9-12)11(3)13-4-5-13/h10-14H,4-9H2,1-3H3. The van der Waals surface area contributed by atoms with Crippen molar-refractivity contribution in [3.05, 3.63) is 0 Å². The molecule has 1 heterocycles. The minimum absolute atomic E-state index is 0.639. The molecule has 1 aliphatic heterocycles. The molecule has 0 aromatic rings. The molecule has 2 rings (SSSR count). The highest BCUT2D eigenvalue weighted by atomic mass is 15.2. The van der Waals surface area contributed by atoms with Crippen molar-refractivity contribution in [2.75, 3.05) is 19.6 Å². The number of hydrogen-bond acceptors (Lipinski definition) is 2. The van der Waals surface area contributed by atoms with Crippen molar-refractivity contribution < 1.29 is 0 Å². The first-order valence-electron chi connectivity index (χ1n) is 6.64. The molecule has 15 heavy (non-hydrogen) atoms. The first-order chi connectivity index (χ1) is 7.16. The van der Waals surface area contributed by atoms with Gasteiger partial charge < -0.3 is 10.2 Å². The lowest BCUT2D eigenvalue weighted by Crippen LogP contribution is -2.35. The molecule has 0 amide bonds. The van der Waals surface area contributed by atoms with Gasteiger partial charge in [0.2, 0.25) is 0 Å². The van der Waals surface area contributed by atoms with E-state index >= 15 is 0 Å². The van der Waals surface area contributed by atoms with Crippen LogP contribution in [0.5, 0.6) is 0 Å². The molecule has 0 bridgehead atoms. The molecule has 0 spiro atoms. The number of likely N-dealkylation sites (tertiary alicyclic amines) is 1. The molecule has 88 valence electrons. The van der Waals surface area contributed by atoms with Gasteiger partial charge in [0.25, 0.3) is 0 Å². The van der Waals surface area contributed by atoms with Crippen LogP contribution in [0.25, 0.3) is 0 Å². The molecule has 2 atom stereocenters. The molecule has 0 radical (unpaired) electrons. The van der Waals surface area contributed by atoms with Gasteiger partial charge in [-0.25, -0.2) is 0 Å². The van der Waals surface area contributed by atoms with Gasteiger partial charge in [0.1, 0.15) is 0 Å².